The lowest BCUT2D eigenvalue weighted by Crippen LogP contribution is -2.15. The Bertz CT molecular complexity index is 304. The van der Waals surface area contributed by atoms with Gasteiger partial charge >= 0.3 is 5.97 Å². The third kappa shape index (κ3) is 3.18. The van der Waals surface area contributed by atoms with E-state index in [1.807, 2.05) is 26.2 Å². The van der Waals surface area contributed by atoms with E-state index in [9.17, 15) is 4.79 Å². The smallest absolute Gasteiger partial charge is 0.335 e. The number of benzene rings is 1. The summed E-state index contributed by atoms with van der Waals surface area (Å²) in [7, 11) is 4.04. The summed E-state index contributed by atoms with van der Waals surface area (Å²) in [5, 5.41) is 8.69. The monoisotopic (exact) mass is 193 g/mol. The molecule has 0 saturated heterocycles. The van der Waals surface area contributed by atoms with Crippen LogP contribution in [0.3, 0.4) is 0 Å². The highest BCUT2D eigenvalue weighted by molar-refractivity contribution is 5.87. The van der Waals surface area contributed by atoms with Crippen molar-refractivity contribution in [2.45, 2.75) is 6.42 Å². The first-order valence-electron chi connectivity index (χ1n) is 4.56. The second kappa shape index (κ2) is 4.77. The third-order valence-corrected chi connectivity index (χ3v) is 2.05. The highest BCUT2D eigenvalue weighted by Gasteiger charge is 2.01. The lowest BCUT2D eigenvalue weighted by atomic mass is 10.1. The van der Waals surface area contributed by atoms with Crippen LogP contribution in [0, 0.1) is 0 Å². The predicted molar refractivity (Wildman–Crippen MR) is 55.7 cm³/mol. The van der Waals surface area contributed by atoms with Crippen LogP contribution in [0.1, 0.15) is 15.9 Å². The molecule has 0 aliphatic heterocycles. The Balaban J connectivity index is 2.60. The molecule has 1 rings (SSSR count). The van der Waals surface area contributed by atoms with E-state index in [1.54, 1.807) is 12.1 Å². The maximum absolute atomic E-state index is 10.6. The average Bonchev–Trinajstić information content (AvgIpc) is 2.15. The van der Waals surface area contributed by atoms with Gasteiger partial charge in [0.1, 0.15) is 0 Å². The van der Waals surface area contributed by atoms with E-state index < -0.39 is 5.97 Å². The molecule has 1 N–H and O–H groups in total. The Morgan fingerprint density at radius 1 is 1.29 bits per heavy atom. The van der Waals surface area contributed by atoms with Crippen molar-refractivity contribution in [3.05, 3.63) is 35.4 Å². The molecule has 0 unspecified atom stereocenters. The minimum Gasteiger partial charge on any atom is -0.478 e. The SMILES string of the molecule is CN(C)CCc1ccc(C(=O)O)cc1. The number of carbonyl (C=O) groups is 1. The van der Waals surface area contributed by atoms with E-state index in [2.05, 4.69) is 4.90 Å². The van der Waals surface area contributed by atoms with Crippen molar-refractivity contribution in [3.63, 3.8) is 0 Å². The summed E-state index contributed by atoms with van der Waals surface area (Å²) in [5.41, 5.74) is 1.52. The van der Waals surface area contributed by atoms with Gasteiger partial charge in [-0.05, 0) is 38.2 Å². The Morgan fingerprint density at radius 2 is 1.86 bits per heavy atom. The lowest BCUT2D eigenvalue weighted by Gasteiger charge is -2.08. The summed E-state index contributed by atoms with van der Waals surface area (Å²) in [6, 6.07) is 7.03. The quantitative estimate of drug-likeness (QED) is 0.787. The van der Waals surface area contributed by atoms with Gasteiger partial charge < -0.3 is 10.0 Å². The molecule has 1 aromatic rings. The van der Waals surface area contributed by atoms with Gasteiger partial charge in [-0.3, -0.25) is 0 Å². The number of hydrogen-bond donors (Lipinski definition) is 1. The van der Waals surface area contributed by atoms with Crippen molar-refractivity contribution >= 4 is 5.97 Å². The Morgan fingerprint density at radius 3 is 2.29 bits per heavy atom. The van der Waals surface area contributed by atoms with Gasteiger partial charge in [0.15, 0.2) is 0 Å². The largest absolute Gasteiger partial charge is 0.478 e. The lowest BCUT2D eigenvalue weighted by molar-refractivity contribution is 0.0697. The molecule has 0 aromatic heterocycles. The van der Waals surface area contributed by atoms with E-state index in [1.165, 1.54) is 5.56 Å². The second-order valence-corrected chi connectivity index (χ2v) is 3.56. The molecular weight excluding hydrogens is 178 g/mol. The number of likely N-dealkylation sites (N-methyl/N-ethyl adjacent to an activating group) is 1. The van der Waals surface area contributed by atoms with Crippen LogP contribution in [-0.2, 0) is 6.42 Å². The van der Waals surface area contributed by atoms with Crippen molar-refractivity contribution in [2.24, 2.45) is 0 Å². The second-order valence-electron chi connectivity index (χ2n) is 3.56. The summed E-state index contributed by atoms with van der Waals surface area (Å²) in [4.78, 5) is 12.7. The molecule has 0 aliphatic rings. The molecule has 14 heavy (non-hydrogen) atoms. The molecule has 76 valence electrons. The molecule has 3 nitrogen and oxygen atoms in total. The van der Waals surface area contributed by atoms with Gasteiger partial charge in [-0.2, -0.15) is 0 Å². The summed E-state index contributed by atoms with van der Waals surface area (Å²) in [5.74, 6) is -0.871. The zero-order valence-electron chi connectivity index (χ0n) is 8.53. The summed E-state index contributed by atoms with van der Waals surface area (Å²) >= 11 is 0. The van der Waals surface area contributed by atoms with Gasteiger partial charge in [0.05, 0.1) is 5.56 Å². The van der Waals surface area contributed by atoms with Crippen LogP contribution in [-0.4, -0.2) is 36.6 Å². The topological polar surface area (TPSA) is 40.5 Å². The standard InChI is InChI=1S/C11H15NO2/c1-12(2)8-7-9-3-5-10(6-4-9)11(13)14/h3-6H,7-8H2,1-2H3,(H,13,14). The van der Waals surface area contributed by atoms with Crippen LogP contribution in [0.5, 0.6) is 0 Å². The van der Waals surface area contributed by atoms with Gasteiger partial charge in [-0.25, -0.2) is 4.79 Å². The van der Waals surface area contributed by atoms with E-state index >= 15 is 0 Å². The van der Waals surface area contributed by atoms with Crippen LogP contribution < -0.4 is 0 Å². The van der Waals surface area contributed by atoms with Crippen LogP contribution in [0.15, 0.2) is 24.3 Å². The number of carboxylic acid groups (broad SMARTS) is 1. The van der Waals surface area contributed by atoms with Crippen LogP contribution in [0.4, 0.5) is 0 Å². The molecule has 1 aromatic carbocycles. The van der Waals surface area contributed by atoms with E-state index in [-0.39, 0.29) is 0 Å². The fraction of sp³-hybridized carbons (Fsp3) is 0.364. The van der Waals surface area contributed by atoms with Crippen LogP contribution in [0.25, 0.3) is 0 Å². The Labute approximate surface area is 84.0 Å². The Kier molecular flexibility index (Phi) is 3.65. The molecule has 0 heterocycles. The van der Waals surface area contributed by atoms with Crippen molar-refractivity contribution in [1.29, 1.82) is 0 Å². The zero-order chi connectivity index (χ0) is 10.6. The van der Waals surface area contributed by atoms with Gasteiger partial charge in [0, 0.05) is 6.54 Å². The molecule has 0 atom stereocenters. The molecule has 0 saturated carbocycles. The minimum absolute atomic E-state index is 0.346. The first kappa shape index (κ1) is 10.7. The number of nitrogens with zero attached hydrogens (tertiary/aromatic N) is 1. The van der Waals surface area contributed by atoms with E-state index in [0.29, 0.717) is 5.56 Å². The van der Waals surface area contributed by atoms with Crippen molar-refractivity contribution in [1.82, 2.24) is 4.90 Å². The molecule has 0 radical (unpaired) electrons. The molecular formula is C11H15NO2. The Hall–Kier alpha value is -1.35. The number of rotatable bonds is 4. The maximum atomic E-state index is 10.6. The number of hydrogen-bond acceptors (Lipinski definition) is 2. The highest BCUT2D eigenvalue weighted by Crippen LogP contribution is 2.05. The average molecular weight is 193 g/mol. The summed E-state index contributed by atoms with van der Waals surface area (Å²) in [6.45, 7) is 0.979. The van der Waals surface area contributed by atoms with Gasteiger partial charge in [-0.15, -0.1) is 0 Å². The van der Waals surface area contributed by atoms with Gasteiger partial charge in [0.25, 0.3) is 0 Å². The first-order chi connectivity index (χ1) is 6.59. The van der Waals surface area contributed by atoms with Crippen molar-refractivity contribution < 1.29 is 9.90 Å². The van der Waals surface area contributed by atoms with Crippen LogP contribution >= 0.6 is 0 Å². The minimum atomic E-state index is -0.871. The number of aromatic carboxylic acids is 1. The molecule has 3 heteroatoms. The summed E-state index contributed by atoms with van der Waals surface area (Å²) in [6.07, 6.45) is 0.951. The molecule has 0 spiro atoms. The fourth-order valence-corrected chi connectivity index (χ4v) is 1.17. The molecule has 0 bridgehead atoms. The first-order valence-corrected chi connectivity index (χ1v) is 4.56. The van der Waals surface area contributed by atoms with Crippen molar-refractivity contribution in [2.75, 3.05) is 20.6 Å². The van der Waals surface area contributed by atoms with Crippen LogP contribution in [0.2, 0.25) is 0 Å². The molecule has 0 amide bonds. The normalized spacial score (nSPS) is 10.5. The third-order valence-electron chi connectivity index (χ3n) is 2.05. The predicted octanol–water partition coefficient (Wildman–Crippen LogP) is 1.49. The van der Waals surface area contributed by atoms with E-state index in [0.717, 1.165) is 13.0 Å². The number of carboxylic acids is 1. The summed E-state index contributed by atoms with van der Waals surface area (Å²) < 4.78 is 0. The maximum Gasteiger partial charge on any atom is 0.335 e. The zero-order valence-corrected chi connectivity index (χ0v) is 8.53. The molecule has 0 aliphatic carbocycles. The molecule has 0 fully saturated rings. The fourth-order valence-electron chi connectivity index (χ4n) is 1.17. The highest BCUT2D eigenvalue weighted by atomic mass is 16.4. The van der Waals surface area contributed by atoms with E-state index in [4.69, 9.17) is 5.11 Å². The van der Waals surface area contributed by atoms with Gasteiger partial charge in [0.2, 0.25) is 0 Å². The van der Waals surface area contributed by atoms with Gasteiger partial charge in [-0.1, -0.05) is 12.1 Å². The van der Waals surface area contributed by atoms with Crippen molar-refractivity contribution in [3.8, 4) is 0 Å².